The average Bonchev–Trinajstić information content (AvgIpc) is 2.30. The number of carbonyl (C=O) groups is 1. The van der Waals surface area contributed by atoms with Crippen LogP contribution in [-0.2, 0) is 0 Å². The van der Waals surface area contributed by atoms with Crippen LogP contribution in [0.3, 0.4) is 0 Å². The molecule has 0 spiro atoms. The summed E-state index contributed by atoms with van der Waals surface area (Å²) >= 11 is 0. The number of allylic oxidation sites excluding steroid dienone is 2. The molecule has 0 aromatic rings. The largest absolute Gasteiger partial charge is 0.325 e. The number of nitrogens with zero attached hydrogens (tertiary/aromatic N) is 2. The molecule has 2 rings (SSSR count). The number of rotatable bonds is 0. The van der Waals surface area contributed by atoms with Crippen molar-refractivity contribution in [2.75, 3.05) is 13.1 Å². The molecule has 0 aliphatic carbocycles. The second-order valence-corrected chi connectivity index (χ2v) is 3.95. The molecule has 2 N–H and O–H groups in total. The lowest BCUT2D eigenvalue weighted by atomic mass is 10.1. The molecule has 0 bridgehead atoms. The van der Waals surface area contributed by atoms with Gasteiger partial charge in [0.2, 0.25) is 0 Å². The van der Waals surface area contributed by atoms with Crippen LogP contribution in [0.2, 0.25) is 0 Å². The Bertz CT molecular complexity index is 292. The van der Waals surface area contributed by atoms with Crippen molar-refractivity contribution < 1.29 is 4.79 Å². The number of amides is 2. The molecule has 1 atom stereocenters. The summed E-state index contributed by atoms with van der Waals surface area (Å²) in [6.07, 6.45) is 10.4. The summed E-state index contributed by atoms with van der Waals surface area (Å²) in [4.78, 5) is 15.5. The first-order valence-corrected chi connectivity index (χ1v) is 5.47. The van der Waals surface area contributed by atoms with Crippen LogP contribution in [0.1, 0.15) is 19.3 Å². The quantitative estimate of drug-likeness (QED) is 0.650. The molecule has 0 saturated carbocycles. The zero-order valence-electron chi connectivity index (χ0n) is 8.80. The average molecular weight is 207 g/mol. The lowest BCUT2D eigenvalue weighted by Crippen LogP contribution is -2.50. The van der Waals surface area contributed by atoms with Crippen molar-refractivity contribution in [1.82, 2.24) is 9.80 Å². The van der Waals surface area contributed by atoms with Gasteiger partial charge in [0.15, 0.2) is 0 Å². The first kappa shape index (κ1) is 10.2. The standard InChI is InChI=1S/C11H17N3O/c12-10-6-2-5-9-14(10)11(15)13-7-3-1-4-8-13/h2,5-6,9-10H,1,3-4,7-8,12H2. The second kappa shape index (κ2) is 4.49. The topological polar surface area (TPSA) is 49.6 Å². The number of nitrogens with two attached hydrogens (primary N) is 1. The van der Waals surface area contributed by atoms with Crippen LogP contribution in [0.25, 0.3) is 0 Å². The van der Waals surface area contributed by atoms with Crippen molar-refractivity contribution >= 4 is 6.03 Å². The van der Waals surface area contributed by atoms with Crippen LogP contribution in [0.4, 0.5) is 4.79 Å². The second-order valence-electron chi connectivity index (χ2n) is 3.95. The van der Waals surface area contributed by atoms with E-state index in [4.69, 9.17) is 5.73 Å². The van der Waals surface area contributed by atoms with Crippen molar-refractivity contribution in [1.29, 1.82) is 0 Å². The molecule has 2 aliphatic heterocycles. The molecular weight excluding hydrogens is 190 g/mol. The van der Waals surface area contributed by atoms with Crippen molar-refractivity contribution in [3.8, 4) is 0 Å². The minimum Gasteiger partial charge on any atom is -0.324 e. The zero-order chi connectivity index (χ0) is 10.7. The van der Waals surface area contributed by atoms with E-state index in [-0.39, 0.29) is 12.2 Å². The highest BCUT2D eigenvalue weighted by molar-refractivity contribution is 5.76. The maximum atomic E-state index is 12.1. The number of likely N-dealkylation sites (tertiary alicyclic amines) is 1. The molecule has 1 saturated heterocycles. The summed E-state index contributed by atoms with van der Waals surface area (Å²) < 4.78 is 0. The third kappa shape index (κ3) is 2.21. The fourth-order valence-electron chi connectivity index (χ4n) is 1.95. The summed E-state index contributed by atoms with van der Waals surface area (Å²) in [5.74, 6) is 0. The molecule has 4 heteroatoms. The monoisotopic (exact) mass is 207 g/mol. The molecular formula is C11H17N3O. The van der Waals surface area contributed by atoms with E-state index in [2.05, 4.69) is 0 Å². The van der Waals surface area contributed by atoms with Crippen molar-refractivity contribution in [3.05, 3.63) is 24.4 Å². The smallest absolute Gasteiger partial charge is 0.324 e. The Kier molecular flexibility index (Phi) is 3.06. The van der Waals surface area contributed by atoms with Crippen molar-refractivity contribution in [2.45, 2.75) is 25.4 Å². The number of carbonyl (C=O) groups excluding carboxylic acids is 1. The van der Waals surface area contributed by atoms with Gasteiger partial charge < -0.3 is 10.6 Å². The van der Waals surface area contributed by atoms with Gasteiger partial charge in [-0.05, 0) is 31.4 Å². The van der Waals surface area contributed by atoms with Crippen LogP contribution in [-0.4, -0.2) is 35.1 Å². The maximum absolute atomic E-state index is 12.1. The highest BCUT2D eigenvalue weighted by Gasteiger charge is 2.24. The Balaban J connectivity index is 2.00. The number of hydrogen-bond acceptors (Lipinski definition) is 2. The Morgan fingerprint density at radius 1 is 1.20 bits per heavy atom. The summed E-state index contributed by atoms with van der Waals surface area (Å²) in [5, 5.41) is 0. The highest BCUT2D eigenvalue weighted by atomic mass is 16.2. The molecule has 4 nitrogen and oxygen atoms in total. The molecule has 0 aromatic carbocycles. The maximum Gasteiger partial charge on any atom is 0.325 e. The van der Waals surface area contributed by atoms with Crippen molar-refractivity contribution in [3.63, 3.8) is 0 Å². The summed E-state index contributed by atoms with van der Waals surface area (Å²) in [6, 6.07) is 0.0304. The van der Waals surface area contributed by atoms with Crippen LogP contribution in [0.5, 0.6) is 0 Å². The van der Waals surface area contributed by atoms with Gasteiger partial charge in [0.05, 0.1) is 0 Å². The third-order valence-electron chi connectivity index (χ3n) is 2.83. The Hall–Kier alpha value is -1.29. The van der Waals surface area contributed by atoms with Gasteiger partial charge >= 0.3 is 6.03 Å². The number of urea groups is 1. The first-order chi connectivity index (χ1) is 7.29. The number of hydrogen-bond donors (Lipinski definition) is 1. The van der Waals surface area contributed by atoms with E-state index in [9.17, 15) is 4.79 Å². The van der Waals surface area contributed by atoms with Crippen LogP contribution in [0.15, 0.2) is 24.4 Å². The fraction of sp³-hybridized carbons (Fsp3) is 0.545. The highest BCUT2D eigenvalue weighted by Crippen LogP contribution is 2.14. The summed E-state index contributed by atoms with van der Waals surface area (Å²) in [5.41, 5.74) is 5.83. The van der Waals surface area contributed by atoms with Gasteiger partial charge in [0.1, 0.15) is 6.17 Å². The van der Waals surface area contributed by atoms with Crippen LogP contribution < -0.4 is 5.73 Å². The summed E-state index contributed by atoms with van der Waals surface area (Å²) in [7, 11) is 0. The van der Waals surface area contributed by atoms with Crippen LogP contribution in [0, 0.1) is 0 Å². The van der Waals surface area contributed by atoms with Gasteiger partial charge in [-0.3, -0.25) is 4.90 Å². The van der Waals surface area contributed by atoms with Crippen molar-refractivity contribution in [2.24, 2.45) is 5.73 Å². The molecule has 2 aliphatic rings. The van der Waals surface area contributed by atoms with E-state index >= 15 is 0 Å². The van der Waals surface area contributed by atoms with E-state index in [1.54, 1.807) is 11.1 Å². The lowest BCUT2D eigenvalue weighted by molar-refractivity contribution is 0.152. The molecule has 0 aromatic heterocycles. The lowest BCUT2D eigenvalue weighted by Gasteiger charge is -2.34. The molecule has 2 amide bonds. The zero-order valence-corrected chi connectivity index (χ0v) is 8.80. The normalized spacial score (nSPS) is 25.8. The Morgan fingerprint density at radius 2 is 1.93 bits per heavy atom. The van der Waals surface area contributed by atoms with E-state index in [0.29, 0.717) is 0 Å². The molecule has 0 radical (unpaired) electrons. The van der Waals surface area contributed by atoms with Gasteiger partial charge in [-0.25, -0.2) is 4.79 Å². The molecule has 15 heavy (non-hydrogen) atoms. The van der Waals surface area contributed by atoms with E-state index < -0.39 is 0 Å². The van der Waals surface area contributed by atoms with Gasteiger partial charge in [-0.15, -0.1) is 0 Å². The molecule has 2 heterocycles. The minimum absolute atomic E-state index is 0.0304. The number of piperidine rings is 1. The third-order valence-corrected chi connectivity index (χ3v) is 2.83. The van der Waals surface area contributed by atoms with Gasteiger partial charge in [-0.2, -0.15) is 0 Å². The minimum atomic E-state index is -0.315. The van der Waals surface area contributed by atoms with E-state index in [1.165, 1.54) is 6.42 Å². The van der Waals surface area contributed by atoms with Gasteiger partial charge in [0, 0.05) is 19.3 Å². The molecule has 82 valence electrons. The fourth-order valence-corrected chi connectivity index (χ4v) is 1.95. The SMILES string of the molecule is NC1C=CC=CN1C(=O)N1CCCCC1. The van der Waals surface area contributed by atoms with E-state index in [0.717, 1.165) is 25.9 Å². The van der Waals surface area contributed by atoms with Gasteiger partial charge in [0.25, 0.3) is 0 Å². The first-order valence-electron chi connectivity index (χ1n) is 5.47. The van der Waals surface area contributed by atoms with E-state index in [1.807, 2.05) is 23.1 Å². The Morgan fingerprint density at radius 3 is 2.60 bits per heavy atom. The Labute approximate surface area is 90.0 Å². The summed E-state index contributed by atoms with van der Waals surface area (Å²) in [6.45, 7) is 1.72. The molecule has 1 unspecified atom stereocenters. The predicted molar refractivity (Wildman–Crippen MR) is 58.9 cm³/mol. The predicted octanol–water partition coefficient (Wildman–Crippen LogP) is 1.26. The van der Waals surface area contributed by atoms with Gasteiger partial charge in [-0.1, -0.05) is 6.08 Å². The molecule has 1 fully saturated rings. The van der Waals surface area contributed by atoms with Crippen LogP contribution >= 0.6 is 0 Å².